The fourth-order valence-electron chi connectivity index (χ4n) is 5.23. The molecule has 0 aliphatic rings. The molecular formula is C37H21F3N2S. The standard InChI is InChI=1S/C37H21F3N2S/c38-37(39,40)33-16-14-25(15-17-33)24-2-4-26(5-3-24)29-10-12-32-21-30(11-13-31(32)20-29)27-6-8-28(9-7-27)36-42-34-18-1-23(22-41)19-35(34)43-36/h1-21H. The lowest BCUT2D eigenvalue weighted by atomic mass is 9.96. The van der Waals surface area contributed by atoms with Crippen LogP contribution in [0.5, 0.6) is 0 Å². The van der Waals surface area contributed by atoms with Gasteiger partial charge in [-0.3, -0.25) is 0 Å². The number of aromatic nitrogens is 1. The molecule has 0 unspecified atom stereocenters. The van der Waals surface area contributed by atoms with E-state index in [0.717, 1.165) is 77.1 Å². The second-order valence-electron chi connectivity index (χ2n) is 10.3. The topological polar surface area (TPSA) is 36.7 Å². The number of fused-ring (bicyclic) bond motifs is 2. The van der Waals surface area contributed by atoms with Crippen molar-refractivity contribution in [1.29, 1.82) is 5.26 Å². The molecule has 0 N–H and O–H groups in total. The second kappa shape index (κ2) is 10.5. The first-order valence-electron chi connectivity index (χ1n) is 13.6. The van der Waals surface area contributed by atoms with Gasteiger partial charge in [0.05, 0.1) is 27.4 Å². The molecule has 0 saturated heterocycles. The molecule has 1 heterocycles. The monoisotopic (exact) mass is 582 g/mol. The highest BCUT2D eigenvalue weighted by Crippen LogP contribution is 2.35. The number of rotatable bonds is 4. The van der Waals surface area contributed by atoms with Crippen molar-refractivity contribution in [1.82, 2.24) is 4.98 Å². The van der Waals surface area contributed by atoms with Crippen LogP contribution in [0.1, 0.15) is 11.1 Å². The quantitative estimate of drug-likeness (QED) is 0.207. The molecule has 0 aliphatic heterocycles. The number of benzene rings is 6. The number of thiazole rings is 1. The van der Waals surface area contributed by atoms with Gasteiger partial charge in [0, 0.05) is 5.56 Å². The highest BCUT2D eigenvalue weighted by atomic mass is 32.1. The minimum atomic E-state index is -4.34. The SMILES string of the molecule is N#Cc1ccc2nc(-c3ccc(-c4ccc5cc(-c6ccc(-c7ccc(C(F)(F)F)cc7)cc6)ccc5c4)cc3)sc2c1. The summed E-state index contributed by atoms with van der Waals surface area (Å²) in [4.78, 5) is 4.74. The predicted molar refractivity (Wildman–Crippen MR) is 169 cm³/mol. The van der Waals surface area contributed by atoms with Gasteiger partial charge in [-0.1, -0.05) is 84.9 Å². The zero-order valence-corrected chi connectivity index (χ0v) is 23.4. The van der Waals surface area contributed by atoms with Gasteiger partial charge in [0.2, 0.25) is 0 Å². The van der Waals surface area contributed by atoms with Gasteiger partial charge >= 0.3 is 6.18 Å². The van der Waals surface area contributed by atoms with Crippen molar-refractivity contribution in [2.75, 3.05) is 0 Å². The maximum atomic E-state index is 12.9. The number of nitriles is 1. The molecule has 6 aromatic carbocycles. The predicted octanol–water partition coefficient (Wildman–Crippen LogP) is 11.0. The number of nitrogens with zero attached hydrogens (tertiary/aromatic N) is 2. The van der Waals surface area contributed by atoms with Crippen LogP contribution in [-0.2, 0) is 6.18 Å². The third kappa shape index (κ3) is 5.27. The van der Waals surface area contributed by atoms with E-state index in [1.165, 1.54) is 12.1 Å². The van der Waals surface area contributed by atoms with Gasteiger partial charge in [-0.05, 0) is 86.6 Å². The van der Waals surface area contributed by atoms with Crippen LogP contribution < -0.4 is 0 Å². The van der Waals surface area contributed by atoms with E-state index in [2.05, 4.69) is 66.7 Å². The lowest BCUT2D eigenvalue weighted by Gasteiger charge is -2.10. The van der Waals surface area contributed by atoms with Gasteiger partial charge in [-0.15, -0.1) is 11.3 Å². The summed E-state index contributed by atoms with van der Waals surface area (Å²) >= 11 is 1.58. The molecule has 0 amide bonds. The lowest BCUT2D eigenvalue weighted by Crippen LogP contribution is -2.03. The number of halogens is 3. The first-order chi connectivity index (χ1) is 20.8. The van der Waals surface area contributed by atoms with E-state index in [1.807, 2.05) is 36.4 Å². The molecule has 7 rings (SSSR count). The van der Waals surface area contributed by atoms with E-state index in [9.17, 15) is 18.4 Å². The summed E-state index contributed by atoms with van der Waals surface area (Å²) in [6.07, 6.45) is -4.34. The van der Waals surface area contributed by atoms with Gasteiger partial charge in [0.1, 0.15) is 5.01 Å². The van der Waals surface area contributed by atoms with Crippen LogP contribution in [0, 0.1) is 11.3 Å². The maximum absolute atomic E-state index is 12.9. The number of hydrogen-bond acceptors (Lipinski definition) is 3. The highest BCUT2D eigenvalue weighted by molar-refractivity contribution is 7.21. The Labute approximate surface area is 250 Å². The van der Waals surface area contributed by atoms with Gasteiger partial charge in [-0.25, -0.2) is 4.98 Å². The van der Waals surface area contributed by atoms with Crippen molar-refractivity contribution in [3.05, 3.63) is 139 Å². The average Bonchev–Trinajstić information content (AvgIpc) is 3.48. The summed E-state index contributed by atoms with van der Waals surface area (Å²) in [5, 5.41) is 12.3. The minimum absolute atomic E-state index is 0.635. The molecule has 1 aromatic heterocycles. The first kappa shape index (κ1) is 26.6. The largest absolute Gasteiger partial charge is 0.416 e. The van der Waals surface area contributed by atoms with Crippen molar-refractivity contribution in [2.24, 2.45) is 0 Å². The molecule has 43 heavy (non-hydrogen) atoms. The van der Waals surface area contributed by atoms with E-state index in [1.54, 1.807) is 17.4 Å². The first-order valence-corrected chi connectivity index (χ1v) is 14.4. The minimum Gasteiger partial charge on any atom is -0.236 e. The summed E-state index contributed by atoms with van der Waals surface area (Å²) in [6.45, 7) is 0. The van der Waals surface area contributed by atoms with Crippen molar-refractivity contribution in [3.63, 3.8) is 0 Å². The average molecular weight is 583 g/mol. The van der Waals surface area contributed by atoms with E-state index in [-0.39, 0.29) is 0 Å². The molecule has 0 bridgehead atoms. The fourth-order valence-corrected chi connectivity index (χ4v) is 6.24. The van der Waals surface area contributed by atoms with Crippen LogP contribution in [0.25, 0.3) is 64.9 Å². The van der Waals surface area contributed by atoms with Crippen LogP contribution in [-0.4, -0.2) is 4.98 Å². The molecule has 0 radical (unpaired) electrons. The van der Waals surface area contributed by atoms with Gasteiger partial charge in [0.15, 0.2) is 0 Å². The molecule has 0 aliphatic carbocycles. The maximum Gasteiger partial charge on any atom is 0.416 e. The van der Waals surface area contributed by atoms with Gasteiger partial charge in [0.25, 0.3) is 0 Å². The van der Waals surface area contributed by atoms with Crippen LogP contribution in [0.2, 0.25) is 0 Å². The summed E-state index contributed by atoms with van der Waals surface area (Å²) in [5.74, 6) is 0. The summed E-state index contributed by atoms with van der Waals surface area (Å²) < 4.78 is 39.7. The molecular weight excluding hydrogens is 561 g/mol. The normalized spacial score (nSPS) is 11.6. The molecule has 2 nitrogen and oxygen atoms in total. The van der Waals surface area contributed by atoms with Gasteiger partial charge < -0.3 is 0 Å². The Morgan fingerprint density at radius 2 is 1.00 bits per heavy atom. The van der Waals surface area contributed by atoms with Crippen molar-refractivity contribution < 1.29 is 13.2 Å². The van der Waals surface area contributed by atoms with Crippen molar-refractivity contribution in [3.8, 4) is 50.0 Å². The van der Waals surface area contributed by atoms with Gasteiger partial charge in [-0.2, -0.15) is 18.4 Å². The Balaban J connectivity index is 1.10. The molecule has 0 atom stereocenters. The van der Waals surface area contributed by atoms with Crippen LogP contribution in [0.3, 0.4) is 0 Å². The Morgan fingerprint density at radius 3 is 1.51 bits per heavy atom. The van der Waals surface area contributed by atoms with E-state index in [0.29, 0.717) is 5.56 Å². The van der Waals surface area contributed by atoms with Crippen molar-refractivity contribution >= 4 is 32.3 Å². The second-order valence-corrected chi connectivity index (χ2v) is 11.4. The van der Waals surface area contributed by atoms with E-state index < -0.39 is 11.7 Å². The Hall–Kier alpha value is -5.25. The smallest absolute Gasteiger partial charge is 0.236 e. The fraction of sp³-hybridized carbons (Fsp3) is 0.0270. The lowest BCUT2D eigenvalue weighted by molar-refractivity contribution is -0.137. The third-order valence-electron chi connectivity index (χ3n) is 7.59. The third-order valence-corrected chi connectivity index (χ3v) is 8.65. The zero-order chi connectivity index (χ0) is 29.6. The molecule has 6 heteroatoms. The molecule has 7 aromatic rings. The summed E-state index contributed by atoms with van der Waals surface area (Å²) in [5.41, 5.74) is 7.87. The Morgan fingerprint density at radius 1 is 0.535 bits per heavy atom. The van der Waals surface area contributed by atoms with E-state index in [4.69, 9.17) is 4.98 Å². The molecule has 0 spiro atoms. The Kier molecular flexibility index (Phi) is 6.53. The number of alkyl halides is 3. The van der Waals surface area contributed by atoms with Crippen LogP contribution >= 0.6 is 11.3 Å². The molecule has 0 saturated carbocycles. The zero-order valence-electron chi connectivity index (χ0n) is 22.6. The highest BCUT2D eigenvalue weighted by Gasteiger charge is 2.29. The molecule has 206 valence electrons. The molecule has 0 fully saturated rings. The van der Waals surface area contributed by atoms with E-state index >= 15 is 0 Å². The van der Waals surface area contributed by atoms with Crippen LogP contribution in [0.4, 0.5) is 13.2 Å². The number of hydrogen-bond donors (Lipinski definition) is 0. The Bertz CT molecular complexity index is 2150. The van der Waals surface area contributed by atoms with Crippen LogP contribution in [0.15, 0.2) is 127 Å². The van der Waals surface area contributed by atoms with Crippen molar-refractivity contribution in [2.45, 2.75) is 6.18 Å². The summed E-state index contributed by atoms with van der Waals surface area (Å²) in [6, 6.07) is 42.0. The summed E-state index contributed by atoms with van der Waals surface area (Å²) in [7, 11) is 0.